The van der Waals surface area contributed by atoms with Crippen molar-refractivity contribution in [3.05, 3.63) is 41.0 Å². The number of rotatable bonds is 4. The van der Waals surface area contributed by atoms with Gasteiger partial charge in [-0.05, 0) is 56.7 Å². The summed E-state index contributed by atoms with van der Waals surface area (Å²) in [5.41, 5.74) is 3.15. The van der Waals surface area contributed by atoms with Crippen LogP contribution in [0.25, 0.3) is 0 Å². The monoisotopic (exact) mass is 367 g/mol. The van der Waals surface area contributed by atoms with Gasteiger partial charge in [-0.25, -0.2) is 0 Å². The van der Waals surface area contributed by atoms with Crippen molar-refractivity contribution in [2.45, 2.75) is 65.0 Å². The molecule has 2 aliphatic heterocycles. The van der Waals surface area contributed by atoms with Gasteiger partial charge in [-0.1, -0.05) is 12.5 Å². The molecule has 1 fully saturated rings. The molecule has 0 aliphatic carbocycles. The number of hydrogen-bond acceptors (Lipinski definition) is 4. The molecule has 27 heavy (non-hydrogen) atoms. The molecule has 6 nitrogen and oxygen atoms in total. The maximum absolute atomic E-state index is 12.7. The van der Waals surface area contributed by atoms with Gasteiger partial charge in [-0.3, -0.25) is 4.79 Å². The molecule has 0 atom stereocenters. The lowest BCUT2D eigenvalue weighted by Gasteiger charge is -2.30. The molecule has 2 aromatic rings. The Morgan fingerprint density at radius 3 is 2.67 bits per heavy atom. The Kier molecular flexibility index (Phi) is 5.41. The Labute approximate surface area is 161 Å². The van der Waals surface area contributed by atoms with Crippen molar-refractivity contribution in [1.29, 1.82) is 0 Å². The van der Waals surface area contributed by atoms with E-state index in [1.54, 1.807) is 0 Å². The molecule has 1 saturated heterocycles. The van der Waals surface area contributed by atoms with Gasteiger partial charge in [0, 0.05) is 37.3 Å². The zero-order chi connectivity index (χ0) is 18.6. The molecule has 4 rings (SSSR count). The minimum Gasteiger partial charge on any atom is -0.371 e. The second kappa shape index (κ2) is 8.11. The third-order valence-electron chi connectivity index (χ3n) is 5.76. The van der Waals surface area contributed by atoms with Crippen LogP contribution < -0.4 is 10.2 Å². The van der Waals surface area contributed by atoms with E-state index in [1.807, 2.05) is 12.1 Å². The summed E-state index contributed by atoms with van der Waals surface area (Å²) in [6, 6.07) is 6.02. The molecule has 144 valence electrons. The number of aromatic nitrogens is 3. The largest absolute Gasteiger partial charge is 0.371 e. The summed E-state index contributed by atoms with van der Waals surface area (Å²) in [4.78, 5) is 15.1. The van der Waals surface area contributed by atoms with Gasteiger partial charge < -0.3 is 14.8 Å². The number of carbonyl (C=O) groups excluding carboxylic acids is 1. The minimum absolute atomic E-state index is 0.0424. The lowest BCUT2D eigenvalue weighted by atomic mass is 10.0. The first kappa shape index (κ1) is 18.0. The SMILES string of the molecule is Cc1ccc(C(=O)NCc2nnc3n2CCCCC3)cc1N1CCCCC1. The molecule has 1 amide bonds. The number of amides is 1. The van der Waals surface area contributed by atoms with Crippen molar-refractivity contribution in [2.24, 2.45) is 0 Å². The van der Waals surface area contributed by atoms with Crippen LogP contribution in [-0.4, -0.2) is 33.8 Å². The Morgan fingerprint density at radius 1 is 1.04 bits per heavy atom. The molecule has 6 heteroatoms. The molecule has 0 saturated carbocycles. The highest BCUT2D eigenvalue weighted by molar-refractivity contribution is 5.95. The fraction of sp³-hybridized carbons (Fsp3) is 0.571. The zero-order valence-electron chi connectivity index (χ0n) is 16.2. The number of fused-ring (bicyclic) bond motifs is 1. The standard InChI is InChI=1S/C21H29N5O/c1-16-9-10-17(14-18(16)25-11-5-3-6-12-25)21(27)22-15-20-24-23-19-8-4-2-7-13-26(19)20/h9-10,14H,2-8,11-13,15H2,1H3,(H,22,27). The maximum atomic E-state index is 12.7. The molecule has 1 N–H and O–H groups in total. The number of nitrogens with zero attached hydrogens (tertiary/aromatic N) is 4. The van der Waals surface area contributed by atoms with Crippen molar-refractivity contribution in [2.75, 3.05) is 18.0 Å². The maximum Gasteiger partial charge on any atom is 0.251 e. The number of carbonyl (C=O) groups is 1. The number of aryl methyl sites for hydroxylation is 2. The van der Waals surface area contributed by atoms with Crippen LogP contribution in [0, 0.1) is 6.92 Å². The zero-order valence-corrected chi connectivity index (χ0v) is 16.2. The van der Waals surface area contributed by atoms with E-state index in [-0.39, 0.29) is 5.91 Å². The van der Waals surface area contributed by atoms with Crippen LogP contribution in [0.15, 0.2) is 18.2 Å². The number of benzene rings is 1. The molecule has 1 aromatic heterocycles. The van der Waals surface area contributed by atoms with E-state index in [0.717, 1.165) is 49.7 Å². The quantitative estimate of drug-likeness (QED) is 0.901. The van der Waals surface area contributed by atoms with Crippen LogP contribution in [-0.2, 0) is 19.5 Å². The Hall–Kier alpha value is -2.37. The van der Waals surface area contributed by atoms with Crippen molar-refractivity contribution >= 4 is 11.6 Å². The van der Waals surface area contributed by atoms with Gasteiger partial charge in [0.2, 0.25) is 0 Å². The van der Waals surface area contributed by atoms with Gasteiger partial charge in [0.1, 0.15) is 5.82 Å². The van der Waals surface area contributed by atoms with Gasteiger partial charge in [-0.15, -0.1) is 10.2 Å². The molecule has 2 aliphatic rings. The lowest BCUT2D eigenvalue weighted by molar-refractivity contribution is 0.0949. The molecule has 1 aromatic carbocycles. The normalized spacial score (nSPS) is 17.3. The van der Waals surface area contributed by atoms with Crippen molar-refractivity contribution in [1.82, 2.24) is 20.1 Å². The average Bonchev–Trinajstić information content (AvgIpc) is 2.93. The number of hydrogen-bond donors (Lipinski definition) is 1. The number of piperidine rings is 1. The van der Waals surface area contributed by atoms with Crippen molar-refractivity contribution in [3.8, 4) is 0 Å². The first-order chi connectivity index (χ1) is 13.2. The summed E-state index contributed by atoms with van der Waals surface area (Å²) in [7, 11) is 0. The second-order valence-corrected chi connectivity index (χ2v) is 7.73. The molecule has 3 heterocycles. The molecule has 0 spiro atoms. The van der Waals surface area contributed by atoms with Crippen molar-refractivity contribution in [3.63, 3.8) is 0 Å². The van der Waals surface area contributed by atoms with Gasteiger partial charge in [0.25, 0.3) is 5.91 Å². The summed E-state index contributed by atoms with van der Waals surface area (Å²) in [5.74, 6) is 1.88. The average molecular weight is 367 g/mol. The smallest absolute Gasteiger partial charge is 0.251 e. The van der Waals surface area contributed by atoms with E-state index in [2.05, 4.69) is 38.0 Å². The van der Waals surface area contributed by atoms with Crippen molar-refractivity contribution < 1.29 is 4.79 Å². The number of nitrogens with one attached hydrogen (secondary N) is 1. The van der Waals surface area contributed by atoms with E-state index in [0.29, 0.717) is 6.54 Å². The first-order valence-corrected chi connectivity index (χ1v) is 10.3. The molecule has 0 bridgehead atoms. The van der Waals surface area contributed by atoms with Crippen LogP contribution in [0.3, 0.4) is 0 Å². The molecule has 0 unspecified atom stereocenters. The molecule has 0 radical (unpaired) electrons. The van der Waals surface area contributed by atoms with Crippen LogP contribution in [0.1, 0.15) is 66.1 Å². The molecular formula is C21H29N5O. The van der Waals surface area contributed by atoms with E-state index in [1.165, 1.54) is 43.4 Å². The fourth-order valence-electron chi connectivity index (χ4n) is 4.16. The Morgan fingerprint density at radius 2 is 1.81 bits per heavy atom. The summed E-state index contributed by atoms with van der Waals surface area (Å²) in [6.07, 6.45) is 8.31. The topological polar surface area (TPSA) is 63.1 Å². The highest BCUT2D eigenvalue weighted by Gasteiger charge is 2.17. The Balaban J connectivity index is 1.45. The van der Waals surface area contributed by atoms with E-state index in [9.17, 15) is 4.79 Å². The van der Waals surface area contributed by atoms with Crippen LogP contribution in [0.5, 0.6) is 0 Å². The summed E-state index contributed by atoms with van der Waals surface area (Å²) >= 11 is 0. The van der Waals surface area contributed by atoms with Crippen LogP contribution in [0.2, 0.25) is 0 Å². The third kappa shape index (κ3) is 3.99. The van der Waals surface area contributed by atoms with Gasteiger partial charge in [0.05, 0.1) is 6.54 Å². The minimum atomic E-state index is -0.0424. The number of anilines is 1. The Bertz CT molecular complexity index is 807. The van der Waals surface area contributed by atoms with Gasteiger partial charge in [0.15, 0.2) is 5.82 Å². The fourth-order valence-corrected chi connectivity index (χ4v) is 4.16. The lowest BCUT2D eigenvalue weighted by Crippen LogP contribution is -2.30. The predicted octanol–water partition coefficient (Wildman–Crippen LogP) is 3.23. The van der Waals surface area contributed by atoms with Crippen LogP contribution >= 0.6 is 0 Å². The van der Waals surface area contributed by atoms with E-state index < -0.39 is 0 Å². The summed E-state index contributed by atoms with van der Waals surface area (Å²) in [5, 5.41) is 11.7. The summed E-state index contributed by atoms with van der Waals surface area (Å²) in [6.45, 7) is 5.67. The highest BCUT2D eigenvalue weighted by atomic mass is 16.1. The second-order valence-electron chi connectivity index (χ2n) is 7.73. The molecular weight excluding hydrogens is 338 g/mol. The highest BCUT2D eigenvalue weighted by Crippen LogP contribution is 2.25. The predicted molar refractivity (Wildman–Crippen MR) is 106 cm³/mol. The van der Waals surface area contributed by atoms with E-state index in [4.69, 9.17) is 0 Å². The summed E-state index contributed by atoms with van der Waals surface area (Å²) < 4.78 is 2.18. The van der Waals surface area contributed by atoms with Crippen LogP contribution in [0.4, 0.5) is 5.69 Å². The van der Waals surface area contributed by atoms with Gasteiger partial charge >= 0.3 is 0 Å². The third-order valence-corrected chi connectivity index (χ3v) is 5.76. The first-order valence-electron chi connectivity index (χ1n) is 10.3. The van der Waals surface area contributed by atoms with Gasteiger partial charge in [-0.2, -0.15) is 0 Å². The van der Waals surface area contributed by atoms with E-state index >= 15 is 0 Å².